The third-order valence-corrected chi connectivity index (χ3v) is 3.58. The summed E-state index contributed by atoms with van der Waals surface area (Å²) in [7, 11) is 0. The molecule has 0 saturated carbocycles. The van der Waals surface area contributed by atoms with Gasteiger partial charge >= 0.3 is 18.2 Å². The van der Waals surface area contributed by atoms with Gasteiger partial charge in [0.15, 0.2) is 0 Å². The molecule has 0 aromatic heterocycles. The van der Waals surface area contributed by atoms with Gasteiger partial charge in [-0.05, 0) is 24.6 Å². The SMILES string of the molecule is CCOC(=O)[C@@H]1[C@@H](c2cccc(O)c2)NC(=O)N[C@]1(O)C(F)(F)F. The maximum absolute atomic E-state index is 13.4. The predicted octanol–water partition coefficient (Wildman–Crippen LogP) is 1.18. The average molecular weight is 348 g/mol. The van der Waals surface area contributed by atoms with E-state index in [4.69, 9.17) is 0 Å². The molecule has 1 aromatic carbocycles. The van der Waals surface area contributed by atoms with Crippen LogP contribution in [0.3, 0.4) is 0 Å². The fraction of sp³-hybridized carbons (Fsp3) is 0.429. The fourth-order valence-corrected chi connectivity index (χ4v) is 2.53. The first-order valence-corrected chi connectivity index (χ1v) is 6.93. The van der Waals surface area contributed by atoms with Crippen LogP contribution in [0.4, 0.5) is 18.0 Å². The first-order valence-electron chi connectivity index (χ1n) is 6.93. The number of ether oxygens (including phenoxy) is 1. The van der Waals surface area contributed by atoms with Gasteiger partial charge in [0.05, 0.1) is 12.6 Å². The minimum atomic E-state index is -5.34. The van der Waals surface area contributed by atoms with E-state index in [0.717, 1.165) is 6.07 Å². The second kappa shape index (κ2) is 6.19. The van der Waals surface area contributed by atoms with Gasteiger partial charge in [0, 0.05) is 0 Å². The van der Waals surface area contributed by atoms with Crippen molar-refractivity contribution in [2.24, 2.45) is 5.92 Å². The van der Waals surface area contributed by atoms with Crippen molar-refractivity contribution in [2.45, 2.75) is 24.9 Å². The van der Waals surface area contributed by atoms with Crippen molar-refractivity contribution in [2.75, 3.05) is 6.61 Å². The summed E-state index contributed by atoms with van der Waals surface area (Å²) in [6.45, 7) is 1.17. The lowest BCUT2D eigenvalue weighted by atomic mass is 9.82. The molecule has 24 heavy (non-hydrogen) atoms. The summed E-state index contributed by atoms with van der Waals surface area (Å²) in [4.78, 5) is 23.7. The van der Waals surface area contributed by atoms with E-state index in [1.165, 1.54) is 30.4 Å². The molecule has 1 saturated heterocycles. The summed E-state index contributed by atoms with van der Waals surface area (Å²) in [6.07, 6.45) is -5.34. The third-order valence-electron chi connectivity index (χ3n) is 3.58. The lowest BCUT2D eigenvalue weighted by molar-refractivity contribution is -0.294. The summed E-state index contributed by atoms with van der Waals surface area (Å²) < 4.78 is 44.7. The van der Waals surface area contributed by atoms with Gasteiger partial charge in [-0.2, -0.15) is 13.2 Å². The van der Waals surface area contributed by atoms with Crippen LogP contribution in [0.25, 0.3) is 0 Å². The number of urea groups is 1. The highest BCUT2D eigenvalue weighted by Gasteiger charge is 2.67. The summed E-state index contributed by atoms with van der Waals surface area (Å²) in [5, 5.41) is 23.1. The number of aliphatic hydroxyl groups is 1. The first-order chi connectivity index (χ1) is 11.1. The largest absolute Gasteiger partial charge is 0.508 e. The standard InChI is InChI=1S/C14H15F3N2O5/c1-2-24-11(21)9-10(7-4-3-5-8(20)6-7)18-12(22)19-13(9,23)14(15,16)17/h3-6,9-10,20,23H,2H2,1H3,(H2,18,19,22)/t9-,10+,13+/m0/s1. The van der Waals surface area contributed by atoms with E-state index in [1.807, 2.05) is 0 Å². The normalized spacial score (nSPS) is 27.1. The van der Waals surface area contributed by atoms with Crippen LogP contribution in [0.5, 0.6) is 5.75 Å². The Morgan fingerprint density at radius 3 is 2.62 bits per heavy atom. The maximum atomic E-state index is 13.4. The highest BCUT2D eigenvalue weighted by molar-refractivity contribution is 5.83. The molecule has 2 amide bonds. The monoisotopic (exact) mass is 348 g/mol. The van der Waals surface area contributed by atoms with Crippen LogP contribution < -0.4 is 10.6 Å². The van der Waals surface area contributed by atoms with Crippen LogP contribution >= 0.6 is 0 Å². The molecule has 10 heteroatoms. The number of benzene rings is 1. The minimum absolute atomic E-state index is 0.00516. The molecule has 0 radical (unpaired) electrons. The van der Waals surface area contributed by atoms with Crippen LogP contribution in [-0.4, -0.2) is 40.7 Å². The molecule has 1 fully saturated rings. The summed E-state index contributed by atoms with van der Waals surface area (Å²) >= 11 is 0. The van der Waals surface area contributed by atoms with Gasteiger partial charge in [-0.3, -0.25) is 4.79 Å². The Labute approximate surface area is 134 Å². The van der Waals surface area contributed by atoms with Gasteiger partial charge in [-0.25, -0.2) is 4.79 Å². The number of amides is 2. The number of aromatic hydroxyl groups is 1. The van der Waals surface area contributed by atoms with Gasteiger partial charge in [0.25, 0.3) is 5.72 Å². The van der Waals surface area contributed by atoms with Crippen LogP contribution in [0.2, 0.25) is 0 Å². The summed E-state index contributed by atoms with van der Waals surface area (Å²) in [6, 6.07) is 2.11. The smallest absolute Gasteiger partial charge is 0.437 e. The number of hydrogen-bond donors (Lipinski definition) is 4. The van der Waals surface area contributed by atoms with E-state index in [-0.39, 0.29) is 17.9 Å². The number of hydrogen-bond acceptors (Lipinski definition) is 5. The van der Waals surface area contributed by atoms with Crippen molar-refractivity contribution in [3.05, 3.63) is 29.8 Å². The molecule has 1 heterocycles. The van der Waals surface area contributed by atoms with E-state index < -0.39 is 35.9 Å². The lowest BCUT2D eigenvalue weighted by Crippen LogP contribution is -2.73. The second-order valence-corrected chi connectivity index (χ2v) is 5.16. The fourth-order valence-electron chi connectivity index (χ4n) is 2.53. The van der Waals surface area contributed by atoms with Gasteiger partial charge < -0.3 is 25.6 Å². The van der Waals surface area contributed by atoms with Crippen LogP contribution in [-0.2, 0) is 9.53 Å². The maximum Gasteiger partial charge on any atom is 0.437 e. The molecular formula is C14H15F3N2O5. The van der Waals surface area contributed by atoms with Crippen molar-refractivity contribution >= 4 is 12.0 Å². The van der Waals surface area contributed by atoms with Crippen LogP contribution in [0, 0.1) is 5.92 Å². The minimum Gasteiger partial charge on any atom is -0.508 e. The Hall–Kier alpha value is -2.49. The Kier molecular flexibility index (Phi) is 4.61. The topological polar surface area (TPSA) is 108 Å². The van der Waals surface area contributed by atoms with Crippen LogP contribution in [0.15, 0.2) is 24.3 Å². The molecule has 3 atom stereocenters. The molecule has 132 valence electrons. The first kappa shape index (κ1) is 17.9. The molecule has 0 bridgehead atoms. The van der Waals surface area contributed by atoms with Crippen molar-refractivity contribution in [3.8, 4) is 5.75 Å². The quantitative estimate of drug-likeness (QED) is 0.614. The van der Waals surface area contributed by atoms with E-state index in [2.05, 4.69) is 10.1 Å². The molecule has 2 rings (SSSR count). The third kappa shape index (κ3) is 3.09. The van der Waals surface area contributed by atoms with Gasteiger partial charge in [0.1, 0.15) is 11.7 Å². The van der Waals surface area contributed by atoms with E-state index in [1.54, 1.807) is 0 Å². The average Bonchev–Trinajstić information content (AvgIpc) is 2.45. The number of carbonyl (C=O) groups is 2. The molecule has 7 nitrogen and oxygen atoms in total. The van der Waals surface area contributed by atoms with E-state index >= 15 is 0 Å². The molecule has 1 aliphatic rings. The van der Waals surface area contributed by atoms with Gasteiger partial charge in [-0.15, -0.1) is 0 Å². The number of nitrogens with one attached hydrogen (secondary N) is 2. The van der Waals surface area contributed by atoms with Gasteiger partial charge in [-0.1, -0.05) is 12.1 Å². The van der Waals surface area contributed by atoms with Crippen molar-refractivity contribution in [1.29, 1.82) is 0 Å². The zero-order chi connectivity index (χ0) is 18.1. The number of phenols is 1. The predicted molar refractivity (Wildman–Crippen MR) is 73.6 cm³/mol. The number of carbonyl (C=O) groups excluding carboxylic acids is 2. The summed E-state index contributed by atoms with van der Waals surface area (Å²) in [5.74, 6) is -3.84. The van der Waals surface area contributed by atoms with Crippen molar-refractivity contribution in [1.82, 2.24) is 10.6 Å². The zero-order valence-corrected chi connectivity index (χ0v) is 12.4. The Bertz CT molecular complexity index is 652. The van der Waals surface area contributed by atoms with Gasteiger partial charge in [0.2, 0.25) is 0 Å². The molecule has 1 aliphatic heterocycles. The molecule has 4 N–H and O–H groups in total. The summed E-state index contributed by atoms with van der Waals surface area (Å²) in [5.41, 5.74) is -3.82. The Morgan fingerprint density at radius 2 is 2.08 bits per heavy atom. The lowest BCUT2D eigenvalue weighted by Gasteiger charge is -2.44. The molecular weight excluding hydrogens is 333 g/mol. The highest BCUT2D eigenvalue weighted by Crippen LogP contribution is 2.43. The van der Waals surface area contributed by atoms with Crippen molar-refractivity contribution < 1.29 is 37.7 Å². The van der Waals surface area contributed by atoms with Crippen LogP contribution in [0.1, 0.15) is 18.5 Å². The molecule has 0 unspecified atom stereocenters. The Balaban J connectivity index is 2.57. The number of esters is 1. The number of rotatable bonds is 3. The Morgan fingerprint density at radius 1 is 1.42 bits per heavy atom. The van der Waals surface area contributed by atoms with E-state index in [9.17, 15) is 33.0 Å². The molecule has 0 spiro atoms. The highest BCUT2D eigenvalue weighted by atomic mass is 19.4. The second-order valence-electron chi connectivity index (χ2n) is 5.16. The number of halogens is 3. The van der Waals surface area contributed by atoms with E-state index in [0.29, 0.717) is 0 Å². The molecule has 1 aromatic rings. The number of phenolic OH excluding ortho intramolecular Hbond substituents is 1. The zero-order valence-electron chi connectivity index (χ0n) is 12.4. The van der Waals surface area contributed by atoms with Crippen molar-refractivity contribution in [3.63, 3.8) is 0 Å². The molecule has 0 aliphatic carbocycles. The number of alkyl halides is 3.